The van der Waals surface area contributed by atoms with Gasteiger partial charge in [-0.15, -0.1) is 11.3 Å². The van der Waals surface area contributed by atoms with E-state index in [0.29, 0.717) is 13.2 Å². The highest BCUT2D eigenvalue weighted by Gasteiger charge is 2.32. The number of carbonyl (C=O) groups is 1. The molecule has 0 N–H and O–H groups in total. The molecular formula is C12H17N3O2S. The lowest BCUT2D eigenvalue weighted by atomic mass is 10.2. The molecule has 0 bridgehead atoms. The zero-order valence-corrected chi connectivity index (χ0v) is 11.1. The lowest BCUT2D eigenvalue weighted by molar-refractivity contribution is -0.143. The van der Waals surface area contributed by atoms with Crippen molar-refractivity contribution in [2.75, 3.05) is 37.7 Å². The first-order valence-corrected chi connectivity index (χ1v) is 7.27. The normalized spacial score (nSPS) is 24.6. The summed E-state index contributed by atoms with van der Waals surface area (Å²) in [6.45, 7) is 3.82. The molecule has 1 aromatic heterocycles. The summed E-state index contributed by atoms with van der Waals surface area (Å²) >= 11 is 1.61. The summed E-state index contributed by atoms with van der Waals surface area (Å²) in [6, 6.07) is 0. The summed E-state index contributed by atoms with van der Waals surface area (Å²) in [6.07, 6.45) is 3.72. The van der Waals surface area contributed by atoms with Crippen molar-refractivity contribution in [2.24, 2.45) is 0 Å². The van der Waals surface area contributed by atoms with Gasteiger partial charge in [-0.2, -0.15) is 0 Å². The second kappa shape index (κ2) is 5.24. The van der Waals surface area contributed by atoms with Gasteiger partial charge in [-0.05, 0) is 12.8 Å². The van der Waals surface area contributed by atoms with Gasteiger partial charge in [-0.1, -0.05) is 0 Å². The number of thiazole rings is 1. The minimum Gasteiger partial charge on any atom is -0.365 e. The van der Waals surface area contributed by atoms with E-state index in [1.165, 1.54) is 0 Å². The van der Waals surface area contributed by atoms with Crippen LogP contribution in [-0.4, -0.2) is 54.7 Å². The van der Waals surface area contributed by atoms with Crippen LogP contribution in [0.3, 0.4) is 0 Å². The maximum absolute atomic E-state index is 12.3. The smallest absolute Gasteiger partial charge is 0.253 e. The maximum Gasteiger partial charge on any atom is 0.253 e. The Bertz CT molecular complexity index is 403. The number of aromatic nitrogens is 1. The van der Waals surface area contributed by atoms with E-state index in [2.05, 4.69) is 9.88 Å². The predicted octanol–water partition coefficient (Wildman–Crippen LogP) is 0.971. The Kier molecular flexibility index (Phi) is 3.47. The zero-order chi connectivity index (χ0) is 12.4. The van der Waals surface area contributed by atoms with Gasteiger partial charge in [-0.3, -0.25) is 4.79 Å². The fourth-order valence-corrected chi connectivity index (χ4v) is 3.17. The van der Waals surface area contributed by atoms with E-state index in [0.717, 1.165) is 37.6 Å². The van der Waals surface area contributed by atoms with Crippen LogP contribution in [0.25, 0.3) is 0 Å². The van der Waals surface area contributed by atoms with E-state index in [-0.39, 0.29) is 12.0 Å². The molecule has 18 heavy (non-hydrogen) atoms. The topological polar surface area (TPSA) is 45.7 Å². The Hall–Kier alpha value is -1.14. The first-order valence-electron chi connectivity index (χ1n) is 6.39. The largest absolute Gasteiger partial charge is 0.365 e. The van der Waals surface area contributed by atoms with E-state index in [1.54, 1.807) is 17.5 Å². The van der Waals surface area contributed by atoms with Crippen molar-refractivity contribution in [1.29, 1.82) is 0 Å². The summed E-state index contributed by atoms with van der Waals surface area (Å²) in [4.78, 5) is 20.6. The molecule has 2 fully saturated rings. The molecule has 3 rings (SSSR count). The number of likely N-dealkylation sites (tertiary alicyclic amines) is 1. The van der Waals surface area contributed by atoms with Crippen molar-refractivity contribution in [3.8, 4) is 0 Å². The molecule has 5 nitrogen and oxygen atoms in total. The van der Waals surface area contributed by atoms with Crippen LogP contribution in [-0.2, 0) is 9.53 Å². The van der Waals surface area contributed by atoms with Crippen molar-refractivity contribution in [3.63, 3.8) is 0 Å². The number of carbonyl (C=O) groups excluding carboxylic acids is 1. The van der Waals surface area contributed by atoms with Crippen molar-refractivity contribution in [3.05, 3.63) is 11.6 Å². The Labute approximate surface area is 110 Å². The molecule has 1 aromatic rings. The van der Waals surface area contributed by atoms with Crippen LogP contribution in [0.1, 0.15) is 12.8 Å². The predicted molar refractivity (Wildman–Crippen MR) is 69.9 cm³/mol. The summed E-state index contributed by atoms with van der Waals surface area (Å²) < 4.78 is 5.62. The minimum absolute atomic E-state index is 0.147. The molecule has 2 aliphatic rings. The number of amides is 1. The monoisotopic (exact) mass is 267 g/mol. The maximum atomic E-state index is 12.3. The SMILES string of the molecule is O=C(C1CN(c2nccs2)CCO1)N1CCCC1. The number of hydrogen-bond donors (Lipinski definition) is 0. The highest BCUT2D eigenvalue weighted by atomic mass is 32.1. The van der Waals surface area contributed by atoms with Crippen molar-refractivity contribution >= 4 is 22.4 Å². The van der Waals surface area contributed by atoms with Gasteiger partial charge in [0.25, 0.3) is 5.91 Å². The molecule has 1 atom stereocenters. The first kappa shape index (κ1) is 11.9. The average molecular weight is 267 g/mol. The third kappa shape index (κ3) is 2.35. The van der Waals surface area contributed by atoms with Crippen molar-refractivity contribution < 1.29 is 9.53 Å². The standard InChI is InChI=1S/C12H17N3O2S/c16-11(14-4-1-2-5-14)10-9-15(6-7-17-10)12-13-3-8-18-12/h3,8,10H,1-2,4-7,9H2. The molecule has 1 unspecified atom stereocenters. The van der Waals surface area contributed by atoms with Crippen molar-refractivity contribution in [2.45, 2.75) is 18.9 Å². The average Bonchev–Trinajstić information content (AvgIpc) is 3.11. The van der Waals surface area contributed by atoms with Gasteiger partial charge >= 0.3 is 0 Å². The van der Waals surface area contributed by atoms with Crippen LogP contribution in [0.2, 0.25) is 0 Å². The molecule has 0 saturated carbocycles. The van der Waals surface area contributed by atoms with Crippen LogP contribution in [0.4, 0.5) is 5.13 Å². The lowest BCUT2D eigenvalue weighted by Crippen LogP contribution is -2.50. The van der Waals surface area contributed by atoms with Gasteiger partial charge in [0.15, 0.2) is 11.2 Å². The highest BCUT2D eigenvalue weighted by molar-refractivity contribution is 7.13. The molecule has 98 valence electrons. The molecule has 3 heterocycles. The lowest BCUT2D eigenvalue weighted by Gasteiger charge is -2.33. The third-order valence-electron chi connectivity index (χ3n) is 3.45. The van der Waals surface area contributed by atoms with Gasteiger partial charge in [0.1, 0.15) is 0 Å². The van der Waals surface area contributed by atoms with Crippen LogP contribution in [0.15, 0.2) is 11.6 Å². The van der Waals surface area contributed by atoms with E-state index in [9.17, 15) is 4.79 Å². The summed E-state index contributed by atoms with van der Waals surface area (Å²) in [5.74, 6) is 0.147. The van der Waals surface area contributed by atoms with E-state index in [1.807, 2.05) is 10.3 Å². The summed E-state index contributed by atoms with van der Waals surface area (Å²) in [5.41, 5.74) is 0. The fourth-order valence-electron chi connectivity index (χ4n) is 2.49. The van der Waals surface area contributed by atoms with Crippen LogP contribution < -0.4 is 4.90 Å². The van der Waals surface area contributed by atoms with Gasteiger partial charge in [0, 0.05) is 31.2 Å². The van der Waals surface area contributed by atoms with Crippen LogP contribution >= 0.6 is 11.3 Å². The fraction of sp³-hybridized carbons (Fsp3) is 0.667. The second-order valence-corrected chi connectivity index (χ2v) is 5.53. The molecule has 0 spiro atoms. The van der Waals surface area contributed by atoms with E-state index in [4.69, 9.17) is 4.74 Å². The number of ether oxygens (including phenoxy) is 1. The first-order chi connectivity index (χ1) is 8.84. The van der Waals surface area contributed by atoms with Gasteiger partial charge in [0.2, 0.25) is 0 Å². The Morgan fingerprint density at radius 2 is 2.22 bits per heavy atom. The molecule has 0 aromatic carbocycles. The van der Waals surface area contributed by atoms with Gasteiger partial charge < -0.3 is 14.5 Å². The van der Waals surface area contributed by atoms with E-state index >= 15 is 0 Å². The Balaban J connectivity index is 1.64. The van der Waals surface area contributed by atoms with Crippen molar-refractivity contribution in [1.82, 2.24) is 9.88 Å². The quantitative estimate of drug-likeness (QED) is 0.801. The Morgan fingerprint density at radius 3 is 2.94 bits per heavy atom. The molecule has 6 heteroatoms. The molecule has 2 saturated heterocycles. The zero-order valence-electron chi connectivity index (χ0n) is 10.2. The number of anilines is 1. The minimum atomic E-state index is -0.319. The third-order valence-corrected chi connectivity index (χ3v) is 4.28. The number of hydrogen-bond acceptors (Lipinski definition) is 5. The second-order valence-electron chi connectivity index (χ2n) is 4.65. The van der Waals surface area contributed by atoms with E-state index < -0.39 is 0 Å². The number of rotatable bonds is 2. The van der Waals surface area contributed by atoms with Gasteiger partial charge in [0.05, 0.1) is 13.2 Å². The molecule has 1 amide bonds. The van der Waals surface area contributed by atoms with Crippen LogP contribution in [0, 0.1) is 0 Å². The Morgan fingerprint density at radius 1 is 1.39 bits per heavy atom. The highest BCUT2D eigenvalue weighted by Crippen LogP contribution is 2.21. The number of nitrogens with zero attached hydrogens (tertiary/aromatic N) is 3. The summed E-state index contributed by atoms with van der Waals surface area (Å²) in [7, 11) is 0. The molecule has 2 aliphatic heterocycles. The molecular weight excluding hydrogens is 250 g/mol. The molecule has 0 aliphatic carbocycles. The number of morpholine rings is 1. The van der Waals surface area contributed by atoms with Crippen LogP contribution in [0.5, 0.6) is 0 Å². The van der Waals surface area contributed by atoms with Gasteiger partial charge in [-0.25, -0.2) is 4.98 Å². The summed E-state index contributed by atoms with van der Waals surface area (Å²) in [5, 5.41) is 2.94. The molecule has 0 radical (unpaired) electrons.